The van der Waals surface area contributed by atoms with Crippen molar-refractivity contribution in [3.8, 4) is 11.8 Å². The molecule has 0 spiro atoms. The Morgan fingerprint density at radius 1 is 1.45 bits per heavy atom. The van der Waals surface area contributed by atoms with Gasteiger partial charge in [-0.1, -0.05) is 12.8 Å². The van der Waals surface area contributed by atoms with Crippen LogP contribution in [-0.4, -0.2) is 28.9 Å². The second-order valence-electron chi connectivity index (χ2n) is 5.22. The van der Waals surface area contributed by atoms with Crippen molar-refractivity contribution >= 4 is 5.91 Å². The third-order valence-electron chi connectivity index (χ3n) is 3.61. The van der Waals surface area contributed by atoms with E-state index in [9.17, 15) is 18.0 Å². The molecule has 1 unspecified atom stereocenters. The first-order chi connectivity index (χ1) is 10.4. The van der Waals surface area contributed by atoms with Crippen molar-refractivity contribution in [3.63, 3.8) is 0 Å². The van der Waals surface area contributed by atoms with E-state index in [1.165, 1.54) is 6.07 Å². The van der Waals surface area contributed by atoms with E-state index in [2.05, 4.69) is 16.8 Å². The molecule has 2 heterocycles. The van der Waals surface area contributed by atoms with Gasteiger partial charge in [-0.2, -0.15) is 13.2 Å². The van der Waals surface area contributed by atoms with Crippen LogP contribution in [0.4, 0.5) is 13.2 Å². The van der Waals surface area contributed by atoms with Crippen molar-refractivity contribution in [3.05, 3.63) is 29.6 Å². The van der Waals surface area contributed by atoms with Crippen LogP contribution in [0.15, 0.2) is 18.3 Å². The Hall–Kier alpha value is -2.03. The molecule has 22 heavy (non-hydrogen) atoms. The predicted octanol–water partition coefficient (Wildman–Crippen LogP) is 3.22. The fraction of sp³-hybridized carbons (Fsp3) is 0.500. The van der Waals surface area contributed by atoms with E-state index in [0.717, 1.165) is 25.1 Å². The number of nitrogens with zero attached hydrogens (tertiary/aromatic N) is 2. The number of piperidine rings is 1. The molecule has 0 aliphatic carbocycles. The minimum Gasteiger partial charge on any atom is -0.331 e. The highest BCUT2D eigenvalue weighted by molar-refractivity contribution is 5.93. The number of rotatable bonds is 1. The molecule has 118 valence electrons. The highest BCUT2D eigenvalue weighted by Crippen LogP contribution is 2.31. The van der Waals surface area contributed by atoms with Crippen molar-refractivity contribution in [2.24, 2.45) is 0 Å². The summed E-state index contributed by atoms with van der Waals surface area (Å²) in [6.45, 7) is 2.95. The van der Waals surface area contributed by atoms with Crippen molar-refractivity contribution < 1.29 is 18.0 Å². The molecular weight excluding hydrogens is 293 g/mol. The standard InChI is InChI=1S/C16H17F3N2O/c1-2-3-6-15(22)21-9-4-5-12(11-21)14-8-7-13(10-20-14)16(17,18)19/h7-8,10,12H,2,4-5,9,11H2,1H3. The van der Waals surface area contributed by atoms with E-state index in [0.29, 0.717) is 25.2 Å². The van der Waals surface area contributed by atoms with Gasteiger partial charge in [-0.05, 0) is 30.9 Å². The van der Waals surface area contributed by atoms with Gasteiger partial charge in [0, 0.05) is 37.3 Å². The van der Waals surface area contributed by atoms with Crippen molar-refractivity contribution in [2.75, 3.05) is 13.1 Å². The zero-order chi connectivity index (χ0) is 16.2. The lowest BCUT2D eigenvalue weighted by atomic mass is 9.94. The average molecular weight is 310 g/mol. The summed E-state index contributed by atoms with van der Waals surface area (Å²) in [6.07, 6.45) is -1.30. The molecule has 6 heteroatoms. The first-order valence-electron chi connectivity index (χ1n) is 7.22. The Balaban J connectivity index is 2.07. The first kappa shape index (κ1) is 16.3. The Labute approximate surface area is 127 Å². The Morgan fingerprint density at radius 3 is 2.82 bits per heavy atom. The number of alkyl halides is 3. The molecular formula is C16H17F3N2O. The van der Waals surface area contributed by atoms with Gasteiger partial charge in [-0.25, -0.2) is 0 Å². The molecule has 1 atom stereocenters. The van der Waals surface area contributed by atoms with Crippen LogP contribution in [0, 0.1) is 11.8 Å². The van der Waals surface area contributed by atoms with Gasteiger partial charge in [0.05, 0.1) is 5.56 Å². The number of hydrogen-bond acceptors (Lipinski definition) is 2. The van der Waals surface area contributed by atoms with E-state index in [-0.39, 0.29) is 11.8 Å². The van der Waals surface area contributed by atoms with E-state index < -0.39 is 11.7 Å². The fourth-order valence-electron chi connectivity index (χ4n) is 2.46. The number of halogens is 3. The molecule has 1 aliphatic rings. The molecule has 2 rings (SSSR count). The lowest BCUT2D eigenvalue weighted by Crippen LogP contribution is -2.38. The van der Waals surface area contributed by atoms with Crippen molar-refractivity contribution in [1.29, 1.82) is 0 Å². The van der Waals surface area contributed by atoms with Crippen LogP contribution in [0.5, 0.6) is 0 Å². The normalized spacial score (nSPS) is 18.5. The van der Waals surface area contributed by atoms with E-state index in [1.54, 1.807) is 4.90 Å². The van der Waals surface area contributed by atoms with Gasteiger partial charge in [0.25, 0.3) is 5.91 Å². The van der Waals surface area contributed by atoms with Crippen LogP contribution >= 0.6 is 0 Å². The average Bonchev–Trinajstić information content (AvgIpc) is 2.52. The van der Waals surface area contributed by atoms with Gasteiger partial charge in [0.2, 0.25) is 0 Å². The van der Waals surface area contributed by atoms with E-state index >= 15 is 0 Å². The molecule has 3 nitrogen and oxygen atoms in total. The van der Waals surface area contributed by atoms with Crippen LogP contribution in [0.2, 0.25) is 0 Å². The van der Waals surface area contributed by atoms with Crippen LogP contribution < -0.4 is 0 Å². The molecule has 0 aromatic carbocycles. The summed E-state index contributed by atoms with van der Waals surface area (Å²) in [5, 5.41) is 0. The molecule has 0 saturated carbocycles. The smallest absolute Gasteiger partial charge is 0.331 e. The Bertz CT molecular complexity index is 584. The zero-order valence-corrected chi connectivity index (χ0v) is 12.3. The first-order valence-corrected chi connectivity index (χ1v) is 7.22. The molecule has 1 aliphatic heterocycles. The van der Waals surface area contributed by atoms with Gasteiger partial charge in [-0.15, -0.1) is 0 Å². The summed E-state index contributed by atoms with van der Waals surface area (Å²) in [6, 6.07) is 2.44. The largest absolute Gasteiger partial charge is 0.417 e. The highest BCUT2D eigenvalue weighted by atomic mass is 19.4. The molecule has 1 aromatic heterocycles. The molecule has 1 aromatic rings. The van der Waals surface area contributed by atoms with Gasteiger partial charge in [-0.3, -0.25) is 9.78 Å². The Kier molecular flexibility index (Phi) is 5.07. The fourth-order valence-corrected chi connectivity index (χ4v) is 2.46. The molecule has 1 fully saturated rings. The predicted molar refractivity (Wildman–Crippen MR) is 75.9 cm³/mol. The second kappa shape index (κ2) is 6.82. The quantitative estimate of drug-likeness (QED) is 0.746. The summed E-state index contributed by atoms with van der Waals surface area (Å²) in [7, 11) is 0. The SMILES string of the molecule is CCC#CC(=O)N1CCCC(c2ccc(C(F)(F)F)cn2)C1. The van der Waals surface area contributed by atoms with Gasteiger partial charge in [0.1, 0.15) is 0 Å². The van der Waals surface area contributed by atoms with Crippen LogP contribution in [-0.2, 0) is 11.0 Å². The maximum atomic E-state index is 12.5. The van der Waals surface area contributed by atoms with Crippen molar-refractivity contribution in [1.82, 2.24) is 9.88 Å². The van der Waals surface area contributed by atoms with E-state index in [4.69, 9.17) is 0 Å². The van der Waals surface area contributed by atoms with Gasteiger partial charge < -0.3 is 4.90 Å². The summed E-state index contributed by atoms with van der Waals surface area (Å²) in [5.41, 5.74) is -0.164. The molecule has 1 saturated heterocycles. The second-order valence-corrected chi connectivity index (χ2v) is 5.22. The lowest BCUT2D eigenvalue weighted by Gasteiger charge is -2.31. The Morgan fingerprint density at radius 2 is 2.23 bits per heavy atom. The third-order valence-corrected chi connectivity index (χ3v) is 3.61. The summed E-state index contributed by atoms with van der Waals surface area (Å²) < 4.78 is 37.6. The minimum atomic E-state index is -4.38. The summed E-state index contributed by atoms with van der Waals surface area (Å²) in [5.74, 6) is 5.05. The number of carbonyl (C=O) groups is 1. The maximum absolute atomic E-state index is 12.5. The number of aromatic nitrogens is 1. The minimum absolute atomic E-state index is 0.0385. The molecule has 0 bridgehead atoms. The lowest BCUT2D eigenvalue weighted by molar-refractivity contribution is -0.137. The van der Waals surface area contributed by atoms with Crippen LogP contribution in [0.3, 0.4) is 0 Å². The zero-order valence-electron chi connectivity index (χ0n) is 12.3. The van der Waals surface area contributed by atoms with Gasteiger partial charge >= 0.3 is 6.18 Å². The van der Waals surface area contributed by atoms with E-state index in [1.807, 2.05) is 6.92 Å². The summed E-state index contributed by atoms with van der Waals surface area (Å²) >= 11 is 0. The van der Waals surface area contributed by atoms with Crippen molar-refractivity contribution in [2.45, 2.75) is 38.3 Å². The topological polar surface area (TPSA) is 33.2 Å². The number of hydrogen-bond donors (Lipinski definition) is 0. The third kappa shape index (κ3) is 4.00. The van der Waals surface area contributed by atoms with Gasteiger partial charge in [0.15, 0.2) is 0 Å². The van der Waals surface area contributed by atoms with Crippen LogP contribution in [0.1, 0.15) is 43.4 Å². The number of carbonyl (C=O) groups excluding carboxylic acids is 1. The highest BCUT2D eigenvalue weighted by Gasteiger charge is 2.31. The van der Waals surface area contributed by atoms with Crippen LogP contribution in [0.25, 0.3) is 0 Å². The maximum Gasteiger partial charge on any atom is 0.417 e. The molecule has 0 N–H and O–H groups in total. The molecule has 0 radical (unpaired) electrons. The summed E-state index contributed by atoms with van der Waals surface area (Å²) in [4.78, 5) is 17.5. The molecule has 1 amide bonds. The number of likely N-dealkylation sites (tertiary alicyclic amines) is 1. The number of pyridine rings is 1. The number of amides is 1. The monoisotopic (exact) mass is 310 g/mol.